The van der Waals surface area contributed by atoms with Gasteiger partial charge >= 0.3 is 0 Å². The second-order valence-corrected chi connectivity index (χ2v) is 4.14. The zero-order valence-corrected chi connectivity index (χ0v) is 10.2. The number of nitrogens with zero attached hydrogens (tertiary/aromatic N) is 1. The summed E-state index contributed by atoms with van der Waals surface area (Å²) in [5.41, 5.74) is 1.58. The van der Waals surface area contributed by atoms with Gasteiger partial charge < -0.3 is 9.84 Å². The number of benzene rings is 1. The van der Waals surface area contributed by atoms with E-state index in [2.05, 4.69) is 4.98 Å². The summed E-state index contributed by atoms with van der Waals surface area (Å²) in [6, 6.07) is 7.90. The van der Waals surface area contributed by atoms with Crippen molar-refractivity contribution < 1.29 is 14.2 Å². The van der Waals surface area contributed by atoms with Crippen molar-refractivity contribution in [3.63, 3.8) is 0 Å². The summed E-state index contributed by atoms with van der Waals surface area (Å²) < 4.78 is 18.9. The molecule has 0 aliphatic heterocycles. The van der Waals surface area contributed by atoms with Gasteiger partial charge in [0.2, 0.25) is 5.88 Å². The van der Waals surface area contributed by atoms with Gasteiger partial charge in [0.25, 0.3) is 0 Å². The number of aliphatic hydroxyl groups is 1. The molecule has 0 saturated heterocycles. The molecule has 0 spiro atoms. The van der Waals surface area contributed by atoms with Gasteiger partial charge in [0.15, 0.2) is 11.6 Å². The Bertz CT molecular complexity index is 555. The SMILES string of the molecule is Cc1ccc(F)c(Oc2cc(C(C)O)ccn2)c1. The number of aryl methyl sites for hydroxylation is 1. The largest absolute Gasteiger partial charge is 0.436 e. The van der Waals surface area contributed by atoms with E-state index in [0.29, 0.717) is 5.56 Å². The summed E-state index contributed by atoms with van der Waals surface area (Å²) in [6.45, 7) is 3.50. The average Bonchev–Trinajstić information content (AvgIpc) is 2.34. The Hall–Kier alpha value is -1.94. The van der Waals surface area contributed by atoms with Gasteiger partial charge in [-0.2, -0.15) is 0 Å². The molecule has 1 heterocycles. The van der Waals surface area contributed by atoms with E-state index in [0.717, 1.165) is 5.56 Å². The standard InChI is InChI=1S/C14H14FNO2/c1-9-3-4-12(15)13(7-9)18-14-8-11(10(2)17)5-6-16-14/h3-8,10,17H,1-2H3. The summed E-state index contributed by atoms with van der Waals surface area (Å²) in [4.78, 5) is 3.99. The maximum Gasteiger partial charge on any atom is 0.219 e. The van der Waals surface area contributed by atoms with Crippen molar-refractivity contribution in [1.29, 1.82) is 0 Å². The second-order valence-electron chi connectivity index (χ2n) is 4.14. The van der Waals surface area contributed by atoms with Crippen LogP contribution >= 0.6 is 0 Å². The molecule has 0 aliphatic carbocycles. The fraction of sp³-hybridized carbons (Fsp3) is 0.214. The summed E-state index contributed by atoms with van der Waals surface area (Å²) in [7, 11) is 0. The van der Waals surface area contributed by atoms with Gasteiger partial charge in [-0.1, -0.05) is 6.07 Å². The summed E-state index contributed by atoms with van der Waals surface area (Å²) in [5, 5.41) is 9.46. The highest BCUT2D eigenvalue weighted by atomic mass is 19.1. The van der Waals surface area contributed by atoms with Crippen molar-refractivity contribution in [2.75, 3.05) is 0 Å². The molecule has 1 aromatic carbocycles. The van der Waals surface area contributed by atoms with Gasteiger partial charge in [0.05, 0.1) is 6.10 Å². The second kappa shape index (κ2) is 5.14. The van der Waals surface area contributed by atoms with Crippen LogP contribution in [0.2, 0.25) is 0 Å². The molecule has 18 heavy (non-hydrogen) atoms. The Morgan fingerprint density at radius 3 is 2.78 bits per heavy atom. The zero-order valence-electron chi connectivity index (χ0n) is 10.2. The van der Waals surface area contributed by atoms with Crippen molar-refractivity contribution in [3.05, 3.63) is 53.5 Å². The lowest BCUT2D eigenvalue weighted by atomic mass is 10.2. The lowest BCUT2D eigenvalue weighted by molar-refractivity contribution is 0.198. The minimum absolute atomic E-state index is 0.130. The molecule has 1 N–H and O–H groups in total. The molecule has 0 saturated carbocycles. The summed E-state index contributed by atoms with van der Waals surface area (Å²) >= 11 is 0. The topological polar surface area (TPSA) is 42.4 Å². The molecule has 4 heteroatoms. The lowest BCUT2D eigenvalue weighted by Gasteiger charge is -2.09. The normalized spacial score (nSPS) is 12.2. The Morgan fingerprint density at radius 1 is 1.28 bits per heavy atom. The van der Waals surface area contributed by atoms with Crippen LogP contribution in [0, 0.1) is 12.7 Å². The van der Waals surface area contributed by atoms with Gasteiger partial charge in [-0.25, -0.2) is 9.37 Å². The lowest BCUT2D eigenvalue weighted by Crippen LogP contribution is -1.95. The van der Waals surface area contributed by atoms with E-state index in [1.165, 1.54) is 12.3 Å². The number of ether oxygens (including phenoxy) is 1. The van der Waals surface area contributed by atoms with Gasteiger partial charge in [0, 0.05) is 12.3 Å². The molecule has 0 radical (unpaired) electrons. The van der Waals surface area contributed by atoms with Crippen LogP contribution < -0.4 is 4.74 Å². The van der Waals surface area contributed by atoms with Crippen molar-refractivity contribution in [2.45, 2.75) is 20.0 Å². The van der Waals surface area contributed by atoms with Gasteiger partial charge in [0.1, 0.15) is 0 Å². The van der Waals surface area contributed by atoms with Crippen LogP contribution in [0.4, 0.5) is 4.39 Å². The van der Waals surface area contributed by atoms with E-state index >= 15 is 0 Å². The first-order valence-electron chi connectivity index (χ1n) is 5.64. The average molecular weight is 247 g/mol. The molecule has 0 aliphatic rings. The fourth-order valence-corrected chi connectivity index (χ4v) is 1.54. The monoisotopic (exact) mass is 247 g/mol. The molecule has 1 aromatic heterocycles. The van der Waals surface area contributed by atoms with Crippen LogP contribution in [0.1, 0.15) is 24.2 Å². The molecule has 0 amide bonds. The Labute approximate surface area is 105 Å². The van der Waals surface area contributed by atoms with E-state index in [9.17, 15) is 9.50 Å². The molecular formula is C14H14FNO2. The molecule has 3 nitrogen and oxygen atoms in total. The van der Waals surface area contributed by atoms with E-state index in [1.54, 1.807) is 31.2 Å². The number of pyridine rings is 1. The van der Waals surface area contributed by atoms with Gasteiger partial charge in [-0.05, 0) is 43.2 Å². The third-order valence-corrected chi connectivity index (χ3v) is 2.54. The number of aromatic nitrogens is 1. The number of rotatable bonds is 3. The first-order valence-corrected chi connectivity index (χ1v) is 5.64. The highest BCUT2D eigenvalue weighted by molar-refractivity contribution is 5.33. The first-order chi connectivity index (χ1) is 8.56. The highest BCUT2D eigenvalue weighted by Crippen LogP contribution is 2.25. The van der Waals surface area contributed by atoms with Crippen LogP contribution in [-0.4, -0.2) is 10.1 Å². The third kappa shape index (κ3) is 2.84. The minimum Gasteiger partial charge on any atom is -0.436 e. The molecule has 0 fully saturated rings. The maximum atomic E-state index is 13.5. The predicted molar refractivity (Wildman–Crippen MR) is 66.1 cm³/mol. The molecule has 2 aromatic rings. The molecule has 1 unspecified atom stereocenters. The summed E-state index contributed by atoms with van der Waals surface area (Å²) in [6.07, 6.45) is 0.906. The van der Waals surface area contributed by atoms with Crippen molar-refractivity contribution in [2.24, 2.45) is 0 Å². The molecular weight excluding hydrogens is 233 g/mol. The quantitative estimate of drug-likeness (QED) is 0.904. The van der Waals surface area contributed by atoms with E-state index in [4.69, 9.17) is 4.74 Å². The Morgan fingerprint density at radius 2 is 2.06 bits per heavy atom. The van der Waals surface area contributed by atoms with E-state index in [1.807, 2.05) is 6.92 Å². The van der Waals surface area contributed by atoms with Crippen LogP contribution in [0.15, 0.2) is 36.5 Å². The van der Waals surface area contributed by atoms with Crippen LogP contribution in [0.3, 0.4) is 0 Å². The van der Waals surface area contributed by atoms with Crippen LogP contribution in [0.5, 0.6) is 11.6 Å². The summed E-state index contributed by atoms with van der Waals surface area (Å²) in [5.74, 6) is -0.0482. The molecule has 0 bridgehead atoms. The molecule has 94 valence electrons. The Balaban J connectivity index is 2.28. The number of aliphatic hydroxyl groups excluding tert-OH is 1. The first kappa shape index (κ1) is 12.5. The van der Waals surface area contributed by atoms with E-state index < -0.39 is 11.9 Å². The van der Waals surface area contributed by atoms with Crippen molar-refractivity contribution in [3.8, 4) is 11.6 Å². The van der Waals surface area contributed by atoms with E-state index in [-0.39, 0.29) is 11.6 Å². The van der Waals surface area contributed by atoms with Crippen molar-refractivity contribution >= 4 is 0 Å². The predicted octanol–water partition coefficient (Wildman–Crippen LogP) is 3.37. The van der Waals surface area contributed by atoms with Crippen molar-refractivity contribution in [1.82, 2.24) is 4.98 Å². The number of hydrogen-bond acceptors (Lipinski definition) is 3. The zero-order chi connectivity index (χ0) is 13.1. The van der Waals surface area contributed by atoms with Crippen LogP contribution in [0.25, 0.3) is 0 Å². The Kier molecular flexibility index (Phi) is 3.58. The smallest absolute Gasteiger partial charge is 0.219 e. The number of hydrogen-bond donors (Lipinski definition) is 1. The number of halogens is 1. The minimum atomic E-state index is -0.613. The van der Waals surface area contributed by atoms with Gasteiger partial charge in [-0.3, -0.25) is 0 Å². The third-order valence-electron chi connectivity index (χ3n) is 2.54. The van der Waals surface area contributed by atoms with Gasteiger partial charge in [-0.15, -0.1) is 0 Å². The molecule has 1 atom stereocenters. The molecule has 2 rings (SSSR count). The highest BCUT2D eigenvalue weighted by Gasteiger charge is 2.08. The maximum absolute atomic E-state index is 13.5. The fourth-order valence-electron chi connectivity index (χ4n) is 1.54. The van der Waals surface area contributed by atoms with Crippen LogP contribution in [-0.2, 0) is 0 Å².